The van der Waals surface area contributed by atoms with Crippen molar-refractivity contribution in [3.05, 3.63) is 24.3 Å². The molecule has 2 unspecified atom stereocenters. The topological polar surface area (TPSA) is 0 Å². The molecule has 1 saturated carbocycles. The first kappa shape index (κ1) is 16.0. The summed E-state index contributed by atoms with van der Waals surface area (Å²) in [5, 5.41) is 0. The highest BCUT2D eigenvalue weighted by atomic mass is 14.3. The van der Waals surface area contributed by atoms with Crippen molar-refractivity contribution in [3.63, 3.8) is 0 Å². The molecule has 0 radical (unpaired) electrons. The van der Waals surface area contributed by atoms with Crippen molar-refractivity contribution in [1.82, 2.24) is 0 Å². The Bertz CT molecular complexity index is 230. The average molecular weight is 232 g/mol. The Kier molecular flexibility index (Phi) is 10.9. The molecule has 0 spiro atoms. The Morgan fingerprint density at radius 2 is 1.76 bits per heavy atom. The Hall–Kier alpha value is -0.960. The number of hydrogen-bond acceptors (Lipinski definition) is 0. The van der Waals surface area contributed by atoms with Crippen LogP contribution in [0.2, 0.25) is 0 Å². The third-order valence-electron chi connectivity index (χ3n) is 3.73. The fraction of sp³-hybridized carbons (Fsp3) is 0.647. The molecule has 2 atom stereocenters. The molecular formula is C17H28. The standard InChI is InChI=1S/C15H26.C2H2/c1-3-5-6-7-8-9-10-11-15-13-12-14(15)4-2;1-2/h3,5-7,14-15H,4,8-13H2,1-2H3;1-2H/b5-3-,7-6-;. The van der Waals surface area contributed by atoms with Crippen LogP contribution in [0, 0.1) is 24.7 Å². The van der Waals surface area contributed by atoms with Gasteiger partial charge in [-0.25, -0.2) is 0 Å². The zero-order valence-electron chi connectivity index (χ0n) is 11.6. The lowest BCUT2D eigenvalue weighted by atomic mass is 9.70. The molecule has 0 heteroatoms. The van der Waals surface area contributed by atoms with E-state index in [0.29, 0.717) is 0 Å². The molecule has 1 rings (SSSR count). The largest absolute Gasteiger partial charge is 0.124 e. The first-order chi connectivity index (χ1) is 8.38. The number of rotatable bonds is 7. The van der Waals surface area contributed by atoms with Crippen LogP contribution in [0.25, 0.3) is 0 Å². The Labute approximate surface area is 108 Å². The molecule has 0 aromatic rings. The highest BCUT2D eigenvalue weighted by molar-refractivity contribution is 5.00. The summed E-state index contributed by atoms with van der Waals surface area (Å²) in [4.78, 5) is 0. The molecule has 0 N–H and O–H groups in total. The van der Waals surface area contributed by atoms with Gasteiger partial charge in [0.05, 0.1) is 0 Å². The number of terminal acetylenes is 1. The van der Waals surface area contributed by atoms with E-state index in [9.17, 15) is 0 Å². The van der Waals surface area contributed by atoms with Crippen LogP contribution in [0.1, 0.15) is 58.8 Å². The number of unbranched alkanes of at least 4 members (excludes halogenated alkanes) is 2. The molecule has 1 fully saturated rings. The van der Waals surface area contributed by atoms with Gasteiger partial charge in [0.15, 0.2) is 0 Å². The second-order valence-electron chi connectivity index (χ2n) is 4.74. The lowest BCUT2D eigenvalue weighted by Gasteiger charge is -2.36. The summed E-state index contributed by atoms with van der Waals surface area (Å²) in [7, 11) is 0. The third-order valence-corrected chi connectivity index (χ3v) is 3.73. The molecule has 0 aromatic carbocycles. The summed E-state index contributed by atoms with van der Waals surface area (Å²) in [5.41, 5.74) is 0. The van der Waals surface area contributed by atoms with E-state index in [0.717, 1.165) is 11.8 Å². The Balaban J connectivity index is 0.00000121. The van der Waals surface area contributed by atoms with E-state index in [1.54, 1.807) is 0 Å². The van der Waals surface area contributed by atoms with Gasteiger partial charge in [0, 0.05) is 0 Å². The molecular weight excluding hydrogens is 204 g/mol. The maximum Gasteiger partial charge on any atom is -0.0348 e. The van der Waals surface area contributed by atoms with Gasteiger partial charge in [-0.05, 0) is 44.4 Å². The van der Waals surface area contributed by atoms with Crippen molar-refractivity contribution in [2.24, 2.45) is 11.8 Å². The van der Waals surface area contributed by atoms with E-state index in [1.165, 1.54) is 44.9 Å². The van der Waals surface area contributed by atoms with Crippen LogP contribution in [0.15, 0.2) is 24.3 Å². The first-order valence-corrected chi connectivity index (χ1v) is 6.99. The van der Waals surface area contributed by atoms with Crippen LogP contribution in [-0.2, 0) is 0 Å². The van der Waals surface area contributed by atoms with Crippen molar-refractivity contribution < 1.29 is 0 Å². The molecule has 0 bridgehead atoms. The maximum atomic E-state index is 4.00. The molecule has 17 heavy (non-hydrogen) atoms. The summed E-state index contributed by atoms with van der Waals surface area (Å²) in [6.07, 6.45) is 26.6. The fourth-order valence-corrected chi connectivity index (χ4v) is 2.51. The van der Waals surface area contributed by atoms with Crippen molar-refractivity contribution >= 4 is 0 Å². The second-order valence-corrected chi connectivity index (χ2v) is 4.74. The molecule has 0 heterocycles. The van der Waals surface area contributed by atoms with Crippen LogP contribution >= 0.6 is 0 Å². The molecule has 0 aliphatic heterocycles. The summed E-state index contributed by atoms with van der Waals surface area (Å²) in [6, 6.07) is 0. The van der Waals surface area contributed by atoms with Crippen LogP contribution in [-0.4, -0.2) is 0 Å². The summed E-state index contributed by atoms with van der Waals surface area (Å²) >= 11 is 0. The predicted molar refractivity (Wildman–Crippen MR) is 78.8 cm³/mol. The van der Waals surface area contributed by atoms with Gasteiger partial charge in [-0.1, -0.05) is 50.5 Å². The summed E-state index contributed by atoms with van der Waals surface area (Å²) < 4.78 is 0. The quantitative estimate of drug-likeness (QED) is 0.315. The van der Waals surface area contributed by atoms with E-state index >= 15 is 0 Å². The van der Waals surface area contributed by atoms with E-state index in [1.807, 2.05) is 0 Å². The van der Waals surface area contributed by atoms with Crippen LogP contribution in [0.3, 0.4) is 0 Å². The molecule has 1 aliphatic rings. The van der Waals surface area contributed by atoms with Gasteiger partial charge in [0.2, 0.25) is 0 Å². The van der Waals surface area contributed by atoms with E-state index in [4.69, 9.17) is 0 Å². The molecule has 0 saturated heterocycles. The normalized spacial score (nSPS) is 23.3. The SMILES string of the molecule is C#C.C/C=C\C=C/CCCCC1CCC1CC. The van der Waals surface area contributed by atoms with Crippen LogP contribution < -0.4 is 0 Å². The smallest absolute Gasteiger partial charge is 0.0348 e. The molecule has 0 nitrogen and oxygen atoms in total. The van der Waals surface area contributed by atoms with Gasteiger partial charge in [-0.15, -0.1) is 12.8 Å². The fourth-order valence-electron chi connectivity index (χ4n) is 2.51. The zero-order chi connectivity index (χ0) is 12.9. The van der Waals surface area contributed by atoms with Gasteiger partial charge < -0.3 is 0 Å². The minimum Gasteiger partial charge on any atom is -0.124 e. The van der Waals surface area contributed by atoms with Gasteiger partial charge in [0.25, 0.3) is 0 Å². The Morgan fingerprint density at radius 1 is 1.06 bits per heavy atom. The van der Waals surface area contributed by atoms with Crippen LogP contribution in [0.4, 0.5) is 0 Å². The van der Waals surface area contributed by atoms with E-state index in [2.05, 4.69) is 51.0 Å². The predicted octanol–water partition coefficient (Wildman–Crippen LogP) is 5.36. The molecule has 1 aliphatic carbocycles. The summed E-state index contributed by atoms with van der Waals surface area (Å²) in [5.74, 6) is 2.15. The van der Waals surface area contributed by atoms with E-state index in [-0.39, 0.29) is 0 Å². The minimum absolute atomic E-state index is 1.07. The van der Waals surface area contributed by atoms with Crippen LogP contribution in [0.5, 0.6) is 0 Å². The lowest BCUT2D eigenvalue weighted by molar-refractivity contribution is 0.155. The monoisotopic (exact) mass is 232 g/mol. The third kappa shape index (κ3) is 7.05. The highest BCUT2D eigenvalue weighted by Crippen LogP contribution is 2.39. The van der Waals surface area contributed by atoms with Gasteiger partial charge in [-0.2, -0.15) is 0 Å². The molecule has 96 valence electrons. The lowest BCUT2D eigenvalue weighted by Crippen LogP contribution is -2.24. The van der Waals surface area contributed by atoms with E-state index < -0.39 is 0 Å². The van der Waals surface area contributed by atoms with Gasteiger partial charge in [0.1, 0.15) is 0 Å². The number of hydrogen-bond donors (Lipinski definition) is 0. The van der Waals surface area contributed by atoms with Crippen molar-refractivity contribution in [2.45, 2.75) is 58.8 Å². The van der Waals surface area contributed by atoms with Gasteiger partial charge >= 0.3 is 0 Å². The first-order valence-electron chi connectivity index (χ1n) is 6.99. The minimum atomic E-state index is 1.07. The molecule has 0 aromatic heterocycles. The van der Waals surface area contributed by atoms with Crippen molar-refractivity contribution in [3.8, 4) is 12.8 Å². The average Bonchev–Trinajstić information content (AvgIpc) is 2.34. The van der Waals surface area contributed by atoms with Crippen molar-refractivity contribution in [2.75, 3.05) is 0 Å². The van der Waals surface area contributed by atoms with Gasteiger partial charge in [-0.3, -0.25) is 0 Å². The highest BCUT2D eigenvalue weighted by Gasteiger charge is 2.27. The second kappa shape index (κ2) is 11.5. The molecule has 0 amide bonds. The maximum absolute atomic E-state index is 4.00. The number of allylic oxidation sites excluding steroid dienone is 4. The Morgan fingerprint density at radius 3 is 2.29 bits per heavy atom. The summed E-state index contributed by atoms with van der Waals surface area (Å²) in [6.45, 7) is 4.41. The van der Waals surface area contributed by atoms with Crippen molar-refractivity contribution in [1.29, 1.82) is 0 Å². The zero-order valence-corrected chi connectivity index (χ0v) is 11.6.